The molecule has 2 aliphatic carbocycles. The maximum Gasteiger partial charge on any atom is 0.266 e. The molecule has 6 rings (SSSR count). The molecule has 2 heterocycles. The van der Waals surface area contributed by atoms with Crippen molar-refractivity contribution in [1.29, 1.82) is 0 Å². The number of nitrogens with zero attached hydrogens (tertiary/aromatic N) is 2. The summed E-state index contributed by atoms with van der Waals surface area (Å²) in [5.74, 6) is 0.728. The zero-order valence-corrected chi connectivity index (χ0v) is 26.6. The Labute approximate surface area is 269 Å². The lowest BCUT2D eigenvalue weighted by atomic mass is 9.93. The van der Waals surface area contributed by atoms with E-state index in [1.165, 1.54) is 6.20 Å². The molecule has 0 saturated heterocycles. The molecule has 2 aliphatic rings. The monoisotopic (exact) mass is 675 g/mol. The van der Waals surface area contributed by atoms with E-state index >= 15 is 0 Å². The molecule has 0 bridgehead atoms. The molecule has 0 radical (unpaired) electrons. The SMILES string of the molecule is CC1(c2cncc(C(=O)NCCS(=O)(=O)O)c2)CC1c1ccc(OCc2c(-c3c(Cl)cccc3Cl)noc2C2CC2)cc1Cl. The van der Waals surface area contributed by atoms with Gasteiger partial charge in [-0.15, -0.1) is 0 Å². The van der Waals surface area contributed by atoms with E-state index in [2.05, 4.69) is 22.4 Å². The van der Waals surface area contributed by atoms with Crippen molar-refractivity contribution in [3.63, 3.8) is 0 Å². The molecule has 9 nitrogen and oxygen atoms in total. The summed E-state index contributed by atoms with van der Waals surface area (Å²) in [4.78, 5) is 16.8. The maximum atomic E-state index is 12.5. The molecule has 2 atom stereocenters. The molecule has 2 aromatic heterocycles. The summed E-state index contributed by atoms with van der Waals surface area (Å²) < 4.78 is 42.7. The van der Waals surface area contributed by atoms with Gasteiger partial charge in [0, 0.05) is 40.9 Å². The zero-order valence-electron chi connectivity index (χ0n) is 23.5. The van der Waals surface area contributed by atoms with E-state index in [9.17, 15) is 13.2 Å². The number of nitrogens with one attached hydrogen (secondary N) is 1. The molecule has 230 valence electrons. The van der Waals surface area contributed by atoms with E-state index in [1.54, 1.807) is 36.5 Å². The van der Waals surface area contributed by atoms with Gasteiger partial charge in [-0.3, -0.25) is 14.3 Å². The van der Waals surface area contributed by atoms with Crippen LogP contribution in [-0.4, -0.2) is 41.3 Å². The van der Waals surface area contributed by atoms with Gasteiger partial charge in [0.2, 0.25) is 0 Å². The molecule has 2 aromatic carbocycles. The molecule has 2 N–H and O–H groups in total. The first-order valence-electron chi connectivity index (χ1n) is 14.0. The Kier molecular flexibility index (Phi) is 8.40. The summed E-state index contributed by atoms with van der Waals surface area (Å²) in [6.45, 7) is 2.08. The Morgan fingerprint density at radius 2 is 1.86 bits per heavy atom. The number of hydrogen-bond donors (Lipinski definition) is 2. The number of ether oxygens (including phenoxy) is 1. The summed E-state index contributed by atoms with van der Waals surface area (Å²) in [5, 5.41) is 8.33. The van der Waals surface area contributed by atoms with E-state index in [1.807, 2.05) is 12.1 Å². The van der Waals surface area contributed by atoms with Gasteiger partial charge in [-0.05, 0) is 66.6 Å². The topological polar surface area (TPSA) is 132 Å². The van der Waals surface area contributed by atoms with Gasteiger partial charge < -0.3 is 14.6 Å². The van der Waals surface area contributed by atoms with Gasteiger partial charge in [0.05, 0.1) is 26.9 Å². The minimum absolute atomic E-state index is 0.0946. The third-order valence-corrected chi connectivity index (χ3v) is 9.92. The van der Waals surface area contributed by atoms with Crippen LogP contribution in [0.25, 0.3) is 11.3 Å². The fourth-order valence-corrected chi connectivity index (χ4v) is 6.73. The second-order valence-electron chi connectivity index (χ2n) is 11.4. The quantitative estimate of drug-likeness (QED) is 0.159. The summed E-state index contributed by atoms with van der Waals surface area (Å²) in [6, 6.07) is 12.7. The van der Waals surface area contributed by atoms with Crippen LogP contribution in [0.3, 0.4) is 0 Å². The van der Waals surface area contributed by atoms with Crippen molar-refractivity contribution in [2.24, 2.45) is 0 Å². The second-order valence-corrected chi connectivity index (χ2v) is 14.2. The molecule has 44 heavy (non-hydrogen) atoms. The van der Waals surface area contributed by atoms with Gasteiger partial charge in [-0.25, -0.2) is 0 Å². The lowest BCUT2D eigenvalue weighted by molar-refractivity contribution is 0.0955. The van der Waals surface area contributed by atoms with E-state index in [0.29, 0.717) is 43.6 Å². The van der Waals surface area contributed by atoms with Crippen LogP contribution in [0.1, 0.15) is 70.8 Å². The van der Waals surface area contributed by atoms with Crippen LogP contribution in [-0.2, 0) is 22.1 Å². The third kappa shape index (κ3) is 6.46. The predicted octanol–water partition coefficient (Wildman–Crippen LogP) is 7.22. The lowest BCUT2D eigenvalue weighted by Crippen LogP contribution is -2.29. The number of carbonyl (C=O) groups excluding carboxylic acids is 1. The summed E-state index contributed by atoms with van der Waals surface area (Å²) in [5.41, 5.74) is 3.82. The van der Waals surface area contributed by atoms with Crippen molar-refractivity contribution in [2.45, 2.75) is 50.0 Å². The van der Waals surface area contributed by atoms with Crippen LogP contribution in [0.15, 0.2) is 59.4 Å². The molecule has 2 unspecified atom stereocenters. The van der Waals surface area contributed by atoms with Crippen LogP contribution in [0.4, 0.5) is 0 Å². The Hall–Kier alpha value is -3.15. The Morgan fingerprint density at radius 3 is 2.55 bits per heavy atom. The minimum Gasteiger partial charge on any atom is -0.489 e. The largest absolute Gasteiger partial charge is 0.489 e. The molecule has 0 aliphatic heterocycles. The average Bonchev–Trinajstić information content (AvgIpc) is 3.89. The van der Waals surface area contributed by atoms with Crippen molar-refractivity contribution in [3.8, 4) is 17.0 Å². The summed E-state index contributed by atoms with van der Waals surface area (Å²) in [6.07, 6.45) is 5.99. The molecule has 4 aromatic rings. The Balaban J connectivity index is 1.16. The van der Waals surface area contributed by atoms with Crippen LogP contribution >= 0.6 is 34.8 Å². The van der Waals surface area contributed by atoms with Crippen LogP contribution in [0, 0.1) is 0 Å². The molecule has 0 spiro atoms. The highest BCUT2D eigenvalue weighted by Gasteiger charge is 2.53. The maximum absolute atomic E-state index is 12.5. The molecular formula is C31H28Cl3N3O6S. The lowest BCUT2D eigenvalue weighted by Gasteiger charge is -2.15. The van der Waals surface area contributed by atoms with Gasteiger partial charge in [0.25, 0.3) is 16.0 Å². The highest BCUT2D eigenvalue weighted by molar-refractivity contribution is 7.85. The molecule has 1 amide bonds. The number of hydrogen-bond acceptors (Lipinski definition) is 7. The van der Waals surface area contributed by atoms with Gasteiger partial charge in [0.1, 0.15) is 23.8 Å². The molecule has 2 saturated carbocycles. The highest BCUT2D eigenvalue weighted by atomic mass is 35.5. The predicted molar refractivity (Wildman–Crippen MR) is 167 cm³/mol. The fraction of sp³-hybridized carbons (Fsp3) is 0.323. The fourth-order valence-electron chi connectivity index (χ4n) is 5.49. The molecule has 13 heteroatoms. The summed E-state index contributed by atoms with van der Waals surface area (Å²) in [7, 11) is -4.17. The van der Waals surface area contributed by atoms with Crippen molar-refractivity contribution in [3.05, 3.63) is 97.9 Å². The number of amides is 1. The van der Waals surface area contributed by atoms with Crippen molar-refractivity contribution in [2.75, 3.05) is 12.3 Å². The number of pyridine rings is 1. The van der Waals surface area contributed by atoms with E-state index < -0.39 is 21.8 Å². The number of rotatable bonds is 11. The Bertz CT molecular complexity index is 1840. The smallest absolute Gasteiger partial charge is 0.266 e. The number of aromatic nitrogens is 2. The van der Waals surface area contributed by atoms with Gasteiger partial charge in [0.15, 0.2) is 0 Å². The number of halogens is 3. The second kappa shape index (κ2) is 12.0. The highest BCUT2D eigenvalue weighted by Crippen LogP contribution is 2.61. The van der Waals surface area contributed by atoms with Crippen LogP contribution < -0.4 is 10.1 Å². The van der Waals surface area contributed by atoms with Crippen LogP contribution in [0.5, 0.6) is 5.75 Å². The number of carbonyl (C=O) groups is 1. The third-order valence-electron chi connectivity index (χ3n) is 8.24. The van der Waals surface area contributed by atoms with Gasteiger partial charge >= 0.3 is 0 Å². The normalized spacial score (nSPS) is 19.5. The van der Waals surface area contributed by atoms with Gasteiger partial charge in [-0.2, -0.15) is 8.42 Å². The average molecular weight is 677 g/mol. The number of benzene rings is 2. The van der Waals surface area contributed by atoms with Crippen molar-refractivity contribution in [1.82, 2.24) is 15.5 Å². The van der Waals surface area contributed by atoms with Crippen LogP contribution in [0.2, 0.25) is 15.1 Å². The Morgan fingerprint density at radius 1 is 1.11 bits per heavy atom. The van der Waals surface area contributed by atoms with Gasteiger partial charge in [-0.1, -0.05) is 59.0 Å². The van der Waals surface area contributed by atoms with Crippen molar-refractivity contribution < 1.29 is 27.0 Å². The van der Waals surface area contributed by atoms with E-state index in [0.717, 1.165) is 41.7 Å². The first-order chi connectivity index (χ1) is 20.9. The first-order valence-corrected chi connectivity index (χ1v) is 16.7. The first kappa shape index (κ1) is 30.9. The van der Waals surface area contributed by atoms with E-state index in [4.69, 9.17) is 48.6 Å². The molecular weight excluding hydrogens is 649 g/mol. The van der Waals surface area contributed by atoms with E-state index in [-0.39, 0.29) is 24.5 Å². The zero-order chi connectivity index (χ0) is 31.2. The summed E-state index contributed by atoms with van der Waals surface area (Å²) >= 11 is 19.7. The minimum atomic E-state index is -4.17. The standard InChI is InChI=1S/C31H28Cl3N3O6S/c1-31(19-11-18(14-35-15-19)30(38)36-9-10-44(39,40)41)13-23(31)21-8-7-20(12-26(21)34)42-16-22-28(37-43-29(22)17-5-6-17)27-24(32)3-2-4-25(27)33/h2-4,7-8,11-12,14-15,17,23H,5-6,9-10,13,16H2,1H3,(H,36,38)(H,39,40,41). The van der Waals surface area contributed by atoms with Crippen molar-refractivity contribution >= 4 is 50.8 Å². The molecule has 2 fully saturated rings.